The standard InChI is InChI=1S/C14H19IN2O2/c1-11(18)16(2)13-3-4-14(12(9-13)10-15)17-5-7-19-8-6-17/h3-4,9H,5-8,10H2,1-2H3. The quantitative estimate of drug-likeness (QED) is 0.602. The van der Waals surface area contributed by atoms with E-state index in [9.17, 15) is 4.79 Å². The van der Waals surface area contributed by atoms with Gasteiger partial charge in [0, 0.05) is 42.9 Å². The normalized spacial score (nSPS) is 15.4. The fourth-order valence-corrected chi connectivity index (χ4v) is 2.79. The lowest BCUT2D eigenvalue weighted by atomic mass is 10.1. The molecule has 1 fully saturated rings. The zero-order chi connectivity index (χ0) is 13.8. The lowest BCUT2D eigenvalue weighted by molar-refractivity contribution is -0.116. The summed E-state index contributed by atoms with van der Waals surface area (Å²) in [5, 5.41) is 0. The predicted molar refractivity (Wildman–Crippen MR) is 86.3 cm³/mol. The van der Waals surface area contributed by atoms with Crippen molar-refractivity contribution in [2.45, 2.75) is 11.4 Å². The van der Waals surface area contributed by atoms with Crippen LogP contribution in [-0.4, -0.2) is 39.3 Å². The van der Waals surface area contributed by atoms with Crippen molar-refractivity contribution in [3.8, 4) is 0 Å². The number of morpholine rings is 1. The first-order chi connectivity index (χ1) is 9.13. The Labute approximate surface area is 127 Å². The number of anilines is 2. The summed E-state index contributed by atoms with van der Waals surface area (Å²) >= 11 is 2.37. The van der Waals surface area contributed by atoms with Crippen LogP contribution in [0.1, 0.15) is 12.5 Å². The molecule has 0 radical (unpaired) electrons. The van der Waals surface area contributed by atoms with Gasteiger partial charge in [-0.1, -0.05) is 22.6 Å². The Balaban J connectivity index is 2.27. The Bertz CT molecular complexity index is 459. The molecule has 1 heterocycles. The fraction of sp³-hybridized carbons (Fsp3) is 0.500. The first kappa shape index (κ1) is 14.6. The van der Waals surface area contributed by atoms with E-state index in [0.29, 0.717) is 0 Å². The van der Waals surface area contributed by atoms with Crippen molar-refractivity contribution in [2.75, 3.05) is 43.2 Å². The van der Waals surface area contributed by atoms with Crippen LogP contribution in [0.4, 0.5) is 11.4 Å². The van der Waals surface area contributed by atoms with Crippen LogP contribution >= 0.6 is 22.6 Å². The van der Waals surface area contributed by atoms with Crippen LogP contribution < -0.4 is 9.80 Å². The highest BCUT2D eigenvalue weighted by Crippen LogP contribution is 2.28. The topological polar surface area (TPSA) is 32.8 Å². The van der Waals surface area contributed by atoms with Gasteiger partial charge in [0.1, 0.15) is 0 Å². The van der Waals surface area contributed by atoms with Crippen LogP contribution in [0.2, 0.25) is 0 Å². The van der Waals surface area contributed by atoms with Gasteiger partial charge in [0.05, 0.1) is 13.2 Å². The van der Waals surface area contributed by atoms with Crippen molar-refractivity contribution in [2.24, 2.45) is 0 Å². The molecule has 0 N–H and O–H groups in total. The Kier molecular flexibility index (Phi) is 5.04. The third kappa shape index (κ3) is 3.39. The number of benzene rings is 1. The van der Waals surface area contributed by atoms with E-state index in [4.69, 9.17) is 4.74 Å². The van der Waals surface area contributed by atoms with E-state index < -0.39 is 0 Å². The van der Waals surface area contributed by atoms with Gasteiger partial charge in [0.2, 0.25) is 5.91 Å². The Morgan fingerprint density at radius 3 is 2.68 bits per heavy atom. The number of hydrogen-bond donors (Lipinski definition) is 0. The van der Waals surface area contributed by atoms with Crippen LogP contribution in [0, 0.1) is 0 Å². The highest BCUT2D eigenvalue weighted by atomic mass is 127. The molecule has 0 spiro atoms. The molecule has 1 aliphatic heterocycles. The first-order valence-corrected chi connectivity index (χ1v) is 7.92. The number of halogens is 1. The van der Waals surface area contributed by atoms with Gasteiger partial charge in [0.25, 0.3) is 0 Å². The van der Waals surface area contributed by atoms with Crippen LogP contribution in [0.5, 0.6) is 0 Å². The first-order valence-electron chi connectivity index (χ1n) is 6.39. The maximum atomic E-state index is 11.4. The highest BCUT2D eigenvalue weighted by Gasteiger charge is 2.16. The number of hydrogen-bond acceptors (Lipinski definition) is 3. The van der Waals surface area contributed by atoms with Crippen molar-refractivity contribution in [1.29, 1.82) is 0 Å². The number of ether oxygens (including phenoxy) is 1. The smallest absolute Gasteiger partial charge is 0.223 e. The van der Waals surface area contributed by atoms with Crippen molar-refractivity contribution in [1.82, 2.24) is 0 Å². The van der Waals surface area contributed by atoms with Gasteiger partial charge >= 0.3 is 0 Å². The summed E-state index contributed by atoms with van der Waals surface area (Å²) in [6, 6.07) is 6.24. The number of amides is 1. The van der Waals surface area contributed by atoms with Gasteiger partial charge in [-0.25, -0.2) is 0 Å². The maximum Gasteiger partial charge on any atom is 0.223 e. The summed E-state index contributed by atoms with van der Waals surface area (Å²) < 4.78 is 6.33. The molecule has 4 nitrogen and oxygen atoms in total. The third-order valence-corrected chi connectivity index (χ3v) is 4.24. The minimum absolute atomic E-state index is 0.0542. The van der Waals surface area contributed by atoms with Gasteiger partial charge in [-0.2, -0.15) is 0 Å². The van der Waals surface area contributed by atoms with E-state index in [-0.39, 0.29) is 5.91 Å². The van der Waals surface area contributed by atoms with E-state index in [1.54, 1.807) is 11.8 Å². The fourth-order valence-electron chi connectivity index (χ4n) is 2.18. The molecule has 1 aromatic carbocycles. The van der Waals surface area contributed by atoms with E-state index in [1.165, 1.54) is 11.3 Å². The van der Waals surface area contributed by atoms with Crippen molar-refractivity contribution in [3.63, 3.8) is 0 Å². The summed E-state index contributed by atoms with van der Waals surface area (Å²) in [6.07, 6.45) is 0. The molecule has 5 heteroatoms. The average Bonchev–Trinajstić information content (AvgIpc) is 2.46. The molecule has 0 aromatic heterocycles. The molecule has 1 amide bonds. The molecular formula is C14H19IN2O2. The number of carbonyl (C=O) groups excluding carboxylic acids is 1. The zero-order valence-electron chi connectivity index (χ0n) is 11.4. The number of carbonyl (C=O) groups is 1. The second kappa shape index (κ2) is 6.56. The molecule has 0 unspecified atom stereocenters. The number of rotatable bonds is 3. The summed E-state index contributed by atoms with van der Waals surface area (Å²) in [4.78, 5) is 15.5. The average molecular weight is 374 g/mol. The molecular weight excluding hydrogens is 355 g/mol. The van der Waals surface area contributed by atoms with Crippen LogP contribution in [0.25, 0.3) is 0 Å². The van der Waals surface area contributed by atoms with Crippen LogP contribution in [0.3, 0.4) is 0 Å². The second-order valence-electron chi connectivity index (χ2n) is 4.62. The monoisotopic (exact) mass is 374 g/mol. The molecule has 0 atom stereocenters. The highest BCUT2D eigenvalue weighted by molar-refractivity contribution is 14.1. The molecule has 0 bridgehead atoms. The van der Waals surface area contributed by atoms with Gasteiger partial charge in [-0.3, -0.25) is 4.79 Å². The van der Waals surface area contributed by atoms with Crippen LogP contribution in [0.15, 0.2) is 18.2 Å². The molecule has 0 aliphatic carbocycles. The molecule has 0 saturated carbocycles. The molecule has 19 heavy (non-hydrogen) atoms. The summed E-state index contributed by atoms with van der Waals surface area (Å²) in [6.45, 7) is 5.03. The number of nitrogens with zero attached hydrogens (tertiary/aromatic N) is 2. The Hall–Kier alpha value is -0.820. The lowest BCUT2D eigenvalue weighted by Gasteiger charge is -2.31. The molecule has 2 rings (SSSR count). The Morgan fingerprint density at radius 2 is 2.11 bits per heavy atom. The SMILES string of the molecule is CC(=O)N(C)c1ccc(N2CCOCC2)c(CI)c1. The third-order valence-electron chi connectivity index (χ3n) is 3.42. The van der Waals surface area contributed by atoms with Gasteiger partial charge in [-0.05, 0) is 23.8 Å². The molecule has 104 valence electrons. The largest absolute Gasteiger partial charge is 0.378 e. The van der Waals surface area contributed by atoms with Crippen molar-refractivity contribution >= 4 is 39.9 Å². The molecule has 1 saturated heterocycles. The minimum atomic E-state index is 0.0542. The number of alkyl halides is 1. The lowest BCUT2D eigenvalue weighted by Crippen LogP contribution is -2.36. The zero-order valence-corrected chi connectivity index (χ0v) is 13.5. The summed E-state index contributed by atoms with van der Waals surface area (Å²) in [7, 11) is 1.81. The Morgan fingerprint density at radius 1 is 1.42 bits per heavy atom. The van der Waals surface area contributed by atoms with Gasteiger partial charge in [0.15, 0.2) is 0 Å². The molecule has 1 aliphatic rings. The van der Waals surface area contributed by atoms with E-state index >= 15 is 0 Å². The van der Waals surface area contributed by atoms with Gasteiger partial charge < -0.3 is 14.5 Å². The minimum Gasteiger partial charge on any atom is -0.378 e. The van der Waals surface area contributed by atoms with Gasteiger partial charge in [-0.15, -0.1) is 0 Å². The predicted octanol–water partition coefficient (Wildman–Crippen LogP) is 2.44. The van der Waals surface area contributed by atoms with E-state index in [2.05, 4.69) is 39.6 Å². The molecule has 1 aromatic rings. The van der Waals surface area contributed by atoms with E-state index in [1.807, 2.05) is 13.1 Å². The van der Waals surface area contributed by atoms with Crippen molar-refractivity contribution in [3.05, 3.63) is 23.8 Å². The second-order valence-corrected chi connectivity index (χ2v) is 5.39. The van der Waals surface area contributed by atoms with E-state index in [0.717, 1.165) is 36.4 Å². The van der Waals surface area contributed by atoms with Crippen molar-refractivity contribution < 1.29 is 9.53 Å². The maximum absolute atomic E-state index is 11.4. The van der Waals surface area contributed by atoms with Crippen LogP contribution in [-0.2, 0) is 14.0 Å². The summed E-state index contributed by atoms with van der Waals surface area (Å²) in [5.74, 6) is 0.0542. The summed E-state index contributed by atoms with van der Waals surface area (Å²) in [5.41, 5.74) is 3.49.